The largest absolute Gasteiger partial charge is 0.497 e. The Bertz CT molecular complexity index is 1460. The van der Waals surface area contributed by atoms with E-state index in [1.807, 2.05) is 0 Å². The van der Waals surface area contributed by atoms with Crippen LogP contribution in [0.25, 0.3) is 22.3 Å². The zero-order valence-corrected chi connectivity index (χ0v) is 20.2. The Morgan fingerprint density at radius 3 is 2.17 bits per heavy atom. The highest BCUT2D eigenvalue weighted by molar-refractivity contribution is 6.41. The molecule has 35 heavy (non-hydrogen) atoms. The number of nitrogens with two attached hydrogens (primary N) is 1. The smallest absolute Gasteiger partial charge is 0.418 e. The van der Waals surface area contributed by atoms with Crippen LogP contribution < -0.4 is 10.5 Å². The van der Waals surface area contributed by atoms with E-state index in [1.165, 1.54) is 14.0 Å². The van der Waals surface area contributed by atoms with E-state index in [2.05, 4.69) is 19.9 Å². The molecular formula is C22H14Cl3F4N5O. The molecule has 0 saturated heterocycles. The molecule has 3 aromatic heterocycles. The number of benzene rings is 1. The second kappa shape index (κ2) is 9.25. The molecule has 4 rings (SSSR count). The summed E-state index contributed by atoms with van der Waals surface area (Å²) in [7, 11) is 1.50. The molecule has 3 heterocycles. The lowest BCUT2D eigenvalue weighted by Crippen LogP contribution is -2.16. The van der Waals surface area contributed by atoms with E-state index in [1.54, 1.807) is 24.3 Å². The number of nitrogen functional groups attached to an aromatic ring is 1. The van der Waals surface area contributed by atoms with Crippen LogP contribution in [-0.4, -0.2) is 27.0 Å². The third-order valence-electron chi connectivity index (χ3n) is 5.32. The summed E-state index contributed by atoms with van der Waals surface area (Å²) in [6.45, 7) is 1.24. The SMILES string of the molecule is COc1ccc(Cc2c(N)nc(-c3nc(Cl)c4c(Cl)nc(Cl)nc4c3F)c(C(F)(F)F)c2C)cc1. The van der Waals surface area contributed by atoms with Gasteiger partial charge < -0.3 is 10.5 Å². The number of pyridine rings is 2. The highest BCUT2D eigenvalue weighted by Gasteiger charge is 2.39. The standard InChI is InChI=1S/C22H14Cl3F4N5O/c1-8-11(7-9-3-5-10(35-2)6-4-9)20(30)32-16(13(8)22(27,28)29)17-14(26)15-12(18(23)31-17)19(24)34-21(25)33-15/h3-6H,7H2,1-2H3,(H2,30,32). The fourth-order valence-electron chi connectivity index (χ4n) is 3.67. The molecule has 182 valence electrons. The van der Waals surface area contributed by atoms with Crippen molar-refractivity contribution < 1.29 is 22.3 Å². The summed E-state index contributed by atoms with van der Waals surface area (Å²) in [6.07, 6.45) is -4.88. The van der Waals surface area contributed by atoms with Crippen LogP contribution in [0, 0.1) is 12.7 Å². The van der Waals surface area contributed by atoms with E-state index in [-0.39, 0.29) is 33.9 Å². The molecule has 0 aliphatic heterocycles. The molecule has 0 aliphatic rings. The number of anilines is 1. The van der Waals surface area contributed by atoms with Crippen LogP contribution in [0.4, 0.5) is 23.4 Å². The first-order valence-electron chi connectivity index (χ1n) is 9.79. The molecule has 4 aromatic rings. The lowest BCUT2D eigenvalue weighted by Gasteiger charge is -2.20. The number of methoxy groups -OCH3 is 1. The van der Waals surface area contributed by atoms with Crippen molar-refractivity contribution in [2.45, 2.75) is 19.5 Å². The van der Waals surface area contributed by atoms with Crippen molar-refractivity contribution in [2.24, 2.45) is 0 Å². The maximum atomic E-state index is 15.5. The van der Waals surface area contributed by atoms with Gasteiger partial charge in [0.2, 0.25) is 5.28 Å². The van der Waals surface area contributed by atoms with Crippen molar-refractivity contribution in [1.82, 2.24) is 19.9 Å². The van der Waals surface area contributed by atoms with Crippen LogP contribution in [0.15, 0.2) is 24.3 Å². The second-order valence-electron chi connectivity index (χ2n) is 7.42. The fraction of sp³-hybridized carbons (Fsp3) is 0.182. The summed E-state index contributed by atoms with van der Waals surface area (Å²) >= 11 is 17.8. The lowest BCUT2D eigenvalue weighted by molar-refractivity contribution is -0.137. The van der Waals surface area contributed by atoms with Crippen molar-refractivity contribution in [1.29, 1.82) is 0 Å². The van der Waals surface area contributed by atoms with Gasteiger partial charge in [0.1, 0.15) is 38.8 Å². The molecule has 0 radical (unpaired) electrons. The molecule has 0 unspecified atom stereocenters. The normalized spacial score (nSPS) is 11.8. The van der Waals surface area contributed by atoms with Crippen LogP contribution in [0.1, 0.15) is 22.3 Å². The maximum absolute atomic E-state index is 15.5. The van der Waals surface area contributed by atoms with Gasteiger partial charge >= 0.3 is 6.18 Å². The number of hydrogen-bond acceptors (Lipinski definition) is 6. The van der Waals surface area contributed by atoms with Gasteiger partial charge in [-0.05, 0) is 41.8 Å². The van der Waals surface area contributed by atoms with Crippen molar-refractivity contribution in [2.75, 3.05) is 12.8 Å². The van der Waals surface area contributed by atoms with Gasteiger partial charge in [0.15, 0.2) is 5.82 Å². The van der Waals surface area contributed by atoms with Gasteiger partial charge in [-0.25, -0.2) is 24.3 Å². The summed E-state index contributed by atoms with van der Waals surface area (Å²) < 4.78 is 63.4. The van der Waals surface area contributed by atoms with Crippen molar-refractivity contribution in [3.63, 3.8) is 0 Å². The predicted octanol–water partition coefficient (Wildman–Crippen LogP) is 6.69. The van der Waals surface area contributed by atoms with E-state index in [9.17, 15) is 13.2 Å². The van der Waals surface area contributed by atoms with Gasteiger partial charge in [-0.15, -0.1) is 0 Å². The van der Waals surface area contributed by atoms with Crippen LogP contribution in [0.2, 0.25) is 15.6 Å². The van der Waals surface area contributed by atoms with Gasteiger partial charge in [-0.3, -0.25) is 0 Å². The minimum atomic E-state index is -4.93. The molecule has 0 spiro atoms. The number of ether oxygens (including phenoxy) is 1. The molecular weight excluding hydrogens is 533 g/mol. The van der Waals surface area contributed by atoms with E-state index < -0.39 is 44.9 Å². The van der Waals surface area contributed by atoms with Crippen molar-refractivity contribution >= 4 is 51.5 Å². The Hall–Kier alpha value is -2.95. The molecule has 2 N–H and O–H groups in total. The van der Waals surface area contributed by atoms with Gasteiger partial charge in [0.05, 0.1) is 18.1 Å². The highest BCUT2D eigenvalue weighted by Crippen LogP contribution is 2.43. The third kappa shape index (κ3) is 4.65. The Balaban J connectivity index is 1.97. The van der Waals surface area contributed by atoms with Crippen LogP contribution in [0.5, 0.6) is 5.75 Å². The number of nitrogens with zero attached hydrogens (tertiary/aromatic N) is 4. The third-order valence-corrected chi connectivity index (χ3v) is 6.04. The number of fused-ring (bicyclic) bond motifs is 1. The van der Waals surface area contributed by atoms with Gasteiger partial charge in [-0.2, -0.15) is 13.2 Å². The fourth-order valence-corrected chi connectivity index (χ4v) is 4.46. The molecule has 0 saturated carbocycles. The summed E-state index contributed by atoms with van der Waals surface area (Å²) in [5.74, 6) is -0.894. The number of alkyl halides is 3. The highest BCUT2D eigenvalue weighted by atomic mass is 35.5. The number of rotatable bonds is 4. The first-order valence-corrected chi connectivity index (χ1v) is 10.9. The Kier molecular flexibility index (Phi) is 6.65. The minimum absolute atomic E-state index is 0.0465. The monoisotopic (exact) mass is 545 g/mol. The predicted molar refractivity (Wildman–Crippen MR) is 126 cm³/mol. The van der Waals surface area contributed by atoms with Crippen LogP contribution in [-0.2, 0) is 12.6 Å². The van der Waals surface area contributed by atoms with Crippen LogP contribution in [0.3, 0.4) is 0 Å². The van der Waals surface area contributed by atoms with E-state index >= 15 is 4.39 Å². The second-order valence-corrected chi connectivity index (χ2v) is 8.47. The molecule has 0 aliphatic carbocycles. The zero-order chi connectivity index (χ0) is 25.7. The van der Waals surface area contributed by atoms with E-state index in [0.717, 1.165) is 0 Å². The van der Waals surface area contributed by atoms with Gasteiger partial charge in [0, 0.05) is 12.0 Å². The Morgan fingerprint density at radius 2 is 1.57 bits per heavy atom. The molecule has 0 amide bonds. The first-order chi connectivity index (χ1) is 16.4. The number of halogens is 7. The summed E-state index contributed by atoms with van der Waals surface area (Å²) in [5.41, 5.74) is 3.30. The Labute approximate surface area is 211 Å². The van der Waals surface area contributed by atoms with Crippen molar-refractivity contribution in [3.05, 3.63) is 67.9 Å². The van der Waals surface area contributed by atoms with Gasteiger partial charge in [-0.1, -0.05) is 35.3 Å². The lowest BCUT2D eigenvalue weighted by atomic mass is 9.94. The van der Waals surface area contributed by atoms with E-state index in [4.69, 9.17) is 45.3 Å². The number of hydrogen-bond donors (Lipinski definition) is 1. The molecule has 1 aromatic carbocycles. The zero-order valence-electron chi connectivity index (χ0n) is 17.9. The molecule has 6 nitrogen and oxygen atoms in total. The first kappa shape index (κ1) is 25.2. The topological polar surface area (TPSA) is 86.8 Å². The average molecular weight is 547 g/mol. The van der Waals surface area contributed by atoms with Gasteiger partial charge in [0.25, 0.3) is 0 Å². The number of aromatic nitrogens is 4. The van der Waals surface area contributed by atoms with Crippen LogP contribution >= 0.6 is 34.8 Å². The maximum Gasteiger partial charge on any atom is 0.418 e. The molecule has 0 bridgehead atoms. The summed E-state index contributed by atoms with van der Waals surface area (Å²) in [6, 6.07) is 6.72. The average Bonchev–Trinajstić information content (AvgIpc) is 2.77. The molecule has 13 heteroatoms. The molecule has 0 fully saturated rings. The van der Waals surface area contributed by atoms with E-state index in [0.29, 0.717) is 11.3 Å². The summed E-state index contributed by atoms with van der Waals surface area (Å²) in [4.78, 5) is 15.1. The Morgan fingerprint density at radius 1 is 0.943 bits per heavy atom. The quantitative estimate of drug-likeness (QED) is 0.133. The minimum Gasteiger partial charge on any atom is -0.497 e. The molecule has 0 atom stereocenters. The van der Waals surface area contributed by atoms with Crippen molar-refractivity contribution in [3.8, 4) is 17.1 Å². The summed E-state index contributed by atoms with van der Waals surface area (Å²) in [5, 5.41) is -1.36.